The predicted molar refractivity (Wildman–Crippen MR) is 67.5 cm³/mol. The zero-order valence-corrected chi connectivity index (χ0v) is 9.94. The number of hydrogen-bond donors (Lipinski definition) is 2. The van der Waals surface area contributed by atoms with E-state index in [-0.39, 0.29) is 17.3 Å². The van der Waals surface area contributed by atoms with Gasteiger partial charge in [-0.15, -0.1) is 0 Å². The molecule has 0 radical (unpaired) electrons. The molecule has 90 valence electrons. The molecule has 3 N–H and O–H groups in total. The highest BCUT2D eigenvalue weighted by Gasteiger charge is 2.14. The molecule has 5 heteroatoms. The van der Waals surface area contributed by atoms with E-state index in [4.69, 9.17) is 10.8 Å². The summed E-state index contributed by atoms with van der Waals surface area (Å²) in [6.07, 6.45) is 0. The summed E-state index contributed by atoms with van der Waals surface area (Å²) in [5, 5.41) is 10.3. The van der Waals surface area contributed by atoms with E-state index in [9.17, 15) is 8.42 Å². The lowest BCUT2D eigenvalue weighted by Gasteiger charge is -2.06. The van der Waals surface area contributed by atoms with Gasteiger partial charge in [-0.1, -0.05) is 18.2 Å². The minimum Gasteiger partial charge on any atom is -0.398 e. The first-order chi connectivity index (χ1) is 8.04. The Bertz CT molecular complexity index is 650. The van der Waals surface area contributed by atoms with E-state index in [2.05, 4.69) is 0 Å². The summed E-state index contributed by atoms with van der Waals surface area (Å²) in [6, 6.07) is 10.1. The smallest absolute Gasteiger partial charge is 0.180 e. The molecule has 0 saturated heterocycles. The Morgan fingerprint density at radius 2 is 1.94 bits per heavy atom. The Labute approximate surface area is 99.6 Å². The van der Waals surface area contributed by atoms with Crippen LogP contribution in [0, 0.1) is 0 Å². The zero-order valence-electron chi connectivity index (χ0n) is 9.13. The molecule has 2 aromatic rings. The van der Waals surface area contributed by atoms with Gasteiger partial charge in [0.1, 0.15) is 0 Å². The van der Waals surface area contributed by atoms with Gasteiger partial charge in [0, 0.05) is 11.1 Å². The Kier molecular flexibility index (Phi) is 3.04. The molecule has 17 heavy (non-hydrogen) atoms. The van der Waals surface area contributed by atoms with Crippen LogP contribution in [0.4, 0.5) is 5.69 Å². The maximum absolute atomic E-state index is 11.8. The van der Waals surface area contributed by atoms with Gasteiger partial charge < -0.3 is 10.8 Å². The van der Waals surface area contributed by atoms with Gasteiger partial charge in [-0.3, -0.25) is 0 Å². The van der Waals surface area contributed by atoms with Gasteiger partial charge in [0.15, 0.2) is 9.84 Å². The Morgan fingerprint density at radius 3 is 2.65 bits per heavy atom. The van der Waals surface area contributed by atoms with Crippen LogP contribution in [-0.4, -0.2) is 25.9 Å². The summed E-state index contributed by atoms with van der Waals surface area (Å²) in [4.78, 5) is 0.213. The molecule has 2 rings (SSSR count). The van der Waals surface area contributed by atoms with Gasteiger partial charge in [-0.25, -0.2) is 8.42 Å². The van der Waals surface area contributed by atoms with Crippen LogP contribution in [-0.2, 0) is 9.84 Å². The molecule has 0 spiro atoms. The molecule has 0 unspecified atom stereocenters. The van der Waals surface area contributed by atoms with Crippen LogP contribution in [0.1, 0.15) is 0 Å². The van der Waals surface area contributed by atoms with Crippen LogP contribution >= 0.6 is 0 Å². The topological polar surface area (TPSA) is 80.4 Å². The Balaban J connectivity index is 2.60. The highest BCUT2D eigenvalue weighted by atomic mass is 32.2. The number of rotatable bonds is 3. The SMILES string of the molecule is Nc1cccc2cc(S(=O)(=O)CCO)ccc12. The third-order valence-electron chi connectivity index (χ3n) is 2.60. The molecule has 0 aliphatic heterocycles. The largest absolute Gasteiger partial charge is 0.398 e. The first kappa shape index (κ1) is 11.9. The molecule has 4 nitrogen and oxygen atoms in total. The molecule has 0 bridgehead atoms. The van der Waals surface area contributed by atoms with Crippen molar-refractivity contribution in [2.45, 2.75) is 4.90 Å². The first-order valence-corrected chi connectivity index (χ1v) is 6.82. The quantitative estimate of drug-likeness (QED) is 0.803. The van der Waals surface area contributed by atoms with E-state index in [1.54, 1.807) is 24.3 Å². The third kappa shape index (κ3) is 2.25. The number of sulfone groups is 1. The van der Waals surface area contributed by atoms with Gasteiger partial charge >= 0.3 is 0 Å². The van der Waals surface area contributed by atoms with Crippen LogP contribution in [0.5, 0.6) is 0 Å². The second-order valence-corrected chi connectivity index (χ2v) is 5.88. The molecule has 0 fully saturated rings. The maximum Gasteiger partial charge on any atom is 0.180 e. The molecule has 0 aromatic heterocycles. The van der Waals surface area contributed by atoms with E-state index in [1.807, 2.05) is 6.07 Å². The highest BCUT2D eigenvalue weighted by molar-refractivity contribution is 7.91. The van der Waals surface area contributed by atoms with Crippen LogP contribution in [0.25, 0.3) is 10.8 Å². The fourth-order valence-corrected chi connectivity index (χ4v) is 2.78. The summed E-state index contributed by atoms with van der Waals surface area (Å²) in [7, 11) is -3.41. The molecular formula is C12H13NO3S. The Hall–Kier alpha value is -1.59. The van der Waals surface area contributed by atoms with E-state index in [0.717, 1.165) is 10.8 Å². The first-order valence-electron chi connectivity index (χ1n) is 5.16. The van der Waals surface area contributed by atoms with Crippen LogP contribution in [0.15, 0.2) is 41.3 Å². The predicted octanol–water partition coefficient (Wildman–Crippen LogP) is 1.19. The van der Waals surface area contributed by atoms with Gasteiger partial charge in [-0.05, 0) is 23.6 Å². The number of anilines is 1. The van der Waals surface area contributed by atoms with Crippen LogP contribution in [0.2, 0.25) is 0 Å². The molecule has 2 aromatic carbocycles. The van der Waals surface area contributed by atoms with Gasteiger partial charge in [0.2, 0.25) is 0 Å². The van der Waals surface area contributed by atoms with Gasteiger partial charge in [0.25, 0.3) is 0 Å². The summed E-state index contributed by atoms with van der Waals surface area (Å²) in [5.41, 5.74) is 6.40. The van der Waals surface area contributed by atoms with Gasteiger partial charge in [-0.2, -0.15) is 0 Å². The average molecular weight is 251 g/mol. The lowest BCUT2D eigenvalue weighted by Crippen LogP contribution is -2.09. The Morgan fingerprint density at radius 1 is 1.18 bits per heavy atom. The fourth-order valence-electron chi connectivity index (χ4n) is 1.72. The lowest BCUT2D eigenvalue weighted by molar-refractivity contribution is 0.319. The average Bonchev–Trinajstić information content (AvgIpc) is 2.29. The monoisotopic (exact) mass is 251 g/mol. The maximum atomic E-state index is 11.8. The molecule has 0 heterocycles. The zero-order chi connectivity index (χ0) is 12.5. The number of nitrogens with two attached hydrogens (primary N) is 1. The number of aliphatic hydroxyl groups excluding tert-OH is 1. The van der Waals surface area contributed by atoms with Crippen molar-refractivity contribution < 1.29 is 13.5 Å². The second-order valence-electron chi connectivity index (χ2n) is 3.77. The van der Waals surface area contributed by atoms with E-state index < -0.39 is 9.84 Å². The number of benzene rings is 2. The third-order valence-corrected chi connectivity index (χ3v) is 4.30. The van der Waals surface area contributed by atoms with Crippen molar-refractivity contribution in [3.63, 3.8) is 0 Å². The van der Waals surface area contributed by atoms with Crippen molar-refractivity contribution in [3.8, 4) is 0 Å². The molecule has 0 amide bonds. The number of hydrogen-bond acceptors (Lipinski definition) is 4. The number of nitrogen functional groups attached to an aromatic ring is 1. The van der Waals surface area contributed by atoms with Gasteiger partial charge in [0.05, 0.1) is 17.3 Å². The summed E-state index contributed by atoms with van der Waals surface area (Å²) >= 11 is 0. The lowest BCUT2D eigenvalue weighted by atomic mass is 10.1. The minimum atomic E-state index is -3.41. The standard InChI is InChI=1S/C12H13NO3S/c13-12-3-1-2-9-8-10(4-5-11(9)12)17(15,16)7-6-14/h1-5,8,14H,6-7,13H2. The van der Waals surface area contributed by atoms with Crippen LogP contribution < -0.4 is 5.73 Å². The number of aliphatic hydroxyl groups is 1. The summed E-state index contributed by atoms with van der Waals surface area (Å²) in [5.74, 6) is -0.263. The van der Waals surface area contributed by atoms with Crippen molar-refractivity contribution in [1.82, 2.24) is 0 Å². The normalized spacial score (nSPS) is 11.8. The molecule has 0 atom stereocenters. The van der Waals surface area contributed by atoms with E-state index >= 15 is 0 Å². The number of fused-ring (bicyclic) bond motifs is 1. The van der Waals surface area contributed by atoms with E-state index in [0.29, 0.717) is 5.69 Å². The highest BCUT2D eigenvalue weighted by Crippen LogP contribution is 2.24. The second kappa shape index (κ2) is 4.35. The van der Waals surface area contributed by atoms with Crippen molar-refractivity contribution in [1.29, 1.82) is 0 Å². The van der Waals surface area contributed by atoms with Crippen molar-refractivity contribution in [2.24, 2.45) is 0 Å². The minimum absolute atomic E-state index is 0.213. The van der Waals surface area contributed by atoms with Crippen molar-refractivity contribution in [3.05, 3.63) is 36.4 Å². The van der Waals surface area contributed by atoms with Crippen molar-refractivity contribution in [2.75, 3.05) is 18.1 Å². The molecule has 0 saturated carbocycles. The molecule has 0 aliphatic rings. The van der Waals surface area contributed by atoms with Crippen LogP contribution in [0.3, 0.4) is 0 Å². The summed E-state index contributed by atoms with van der Waals surface area (Å²) < 4.78 is 23.5. The fraction of sp³-hybridized carbons (Fsp3) is 0.167. The van der Waals surface area contributed by atoms with E-state index in [1.165, 1.54) is 6.07 Å². The van der Waals surface area contributed by atoms with Crippen molar-refractivity contribution >= 4 is 26.3 Å². The molecule has 0 aliphatic carbocycles. The molecular weight excluding hydrogens is 238 g/mol. The summed E-state index contributed by atoms with van der Waals surface area (Å²) in [6.45, 7) is -0.378.